The first-order chi connectivity index (χ1) is 13.3. The molecule has 3 aromatic rings. The van der Waals surface area contributed by atoms with E-state index in [0.717, 1.165) is 25.6 Å². The first-order valence-corrected chi connectivity index (χ1v) is 10.1. The summed E-state index contributed by atoms with van der Waals surface area (Å²) in [6, 6.07) is 8.33. The molecule has 2 heterocycles. The molecule has 9 heteroatoms. The summed E-state index contributed by atoms with van der Waals surface area (Å²) in [5.41, 5.74) is 1.08. The molecular weight excluding hydrogens is 387 g/mol. The van der Waals surface area contributed by atoms with Gasteiger partial charge >= 0.3 is 5.91 Å². The average molecular weight is 404 g/mol. The molecule has 0 unspecified atom stereocenters. The number of sulfonamides is 1. The van der Waals surface area contributed by atoms with Gasteiger partial charge in [-0.25, -0.2) is 17.5 Å². The van der Waals surface area contributed by atoms with Crippen molar-refractivity contribution in [3.8, 4) is 5.75 Å². The average Bonchev–Trinajstić information content (AvgIpc) is 2.97. The highest BCUT2D eigenvalue weighted by Crippen LogP contribution is 2.31. The van der Waals surface area contributed by atoms with Crippen molar-refractivity contribution in [3.63, 3.8) is 0 Å². The fourth-order valence-corrected chi connectivity index (χ4v) is 4.44. The highest BCUT2D eigenvalue weighted by atomic mass is 32.2. The number of phenols is 1. The second-order valence-corrected chi connectivity index (χ2v) is 8.27. The van der Waals surface area contributed by atoms with Crippen LogP contribution in [0.5, 0.6) is 5.75 Å². The highest BCUT2D eigenvalue weighted by molar-refractivity contribution is 7.90. The zero-order valence-corrected chi connectivity index (χ0v) is 15.7. The molecule has 1 fully saturated rings. The maximum atomic E-state index is 14.4. The lowest BCUT2D eigenvalue weighted by Gasteiger charge is -2.33. The second-order valence-electron chi connectivity index (χ2n) is 6.65. The third kappa shape index (κ3) is 3.07. The predicted octanol–water partition coefficient (Wildman–Crippen LogP) is 2.91. The Bertz CT molecular complexity index is 1180. The van der Waals surface area contributed by atoms with Gasteiger partial charge in [0.1, 0.15) is 22.0 Å². The van der Waals surface area contributed by atoms with Crippen molar-refractivity contribution in [2.24, 2.45) is 0 Å². The van der Waals surface area contributed by atoms with Crippen molar-refractivity contribution in [1.29, 1.82) is 0 Å². The van der Waals surface area contributed by atoms with Crippen LogP contribution in [-0.2, 0) is 10.0 Å². The highest BCUT2D eigenvalue weighted by Gasteiger charge is 2.26. The number of amides is 1. The number of carbonyl (C=O) groups excluding carboxylic acids is 1. The van der Waals surface area contributed by atoms with Gasteiger partial charge in [-0.3, -0.25) is 4.79 Å². The summed E-state index contributed by atoms with van der Waals surface area (Å²) < 4.78 is 46.7. The van der Waals surface area contributed by atoms with Crippen LogP contribution in [0.15, 0.2) is 45.7 Å². The van der Waals surface area contributed by atoms with Crippen molar-refractivity contribution in [2.75, 3.05) is 18.0 Å². The van der Waals surface area contributed by atoms with Crippen molar-refractivity contribution < 1.29 is 27.1 Å². The van der Waals surface area contributed by atoms with E-state index in [1.165, 1.54) is 31.2 Å². The summed E-state index contributed by atoms with van der Waals surface area (Å²) >= 11 is 0. The minimum absolute atomic E-state index is 0.0885. The fourth-order valence-electron chi connectivity index (χ4n) is 3.16. The number of phenolic OH excluding ortho intramolecular Hbond substituents is 1. The van der Waals surface area contributed by atoms with Crippen LogP contribution in [0.1, 0.15) is 22.5 Å². The molecule has 146 valence electrons. The number of anilines is 1. The van der Waals surface area contributed by atoms with Crippen LogP contribution in [0, 0.1) is 12.7 Å². The largest absolute Gasteiger partial charge is 0.507 e. The van der Waals surface area contributed by atoms with E-state index in [1.807, 2.05) is 9.62 Å². The molecule has 1 aliphatic heterocycles. The van der Waals surface area contributed by atoms with E-state index in [4.69, 9.17) is 4.42 Å². The predicted molar refractivity (Wildman–Crippen MR) is 100 cm³/mol. The fraction of sp³-hybridized carbons (Fsp3) is 0.211. The number of nitrogens with zero attached hydrogens (tertiary/aromatic N) is 1. The van der Waals surface area contributed by atoms with Crippen LogP contribution in [0.25, 0.3) is 11.0 Å². The summed E-state index contributed by atoms with van der Waals surface area (Å²) in [5.74, 6) is -2.42. The minimum Gasteiger partial charge on any atom is -0.507 e. The summed E-state index contributed by atoms with van der Waals surface area (Å²) in [6.07, 6.45) is 1.02. The SMILES string of the molecule is Cc1cccc(O)c1S(=O)(=O)NC(=O)c1cc2c(F)cc(N3CCC3)cc2o1. The van der Waals surface area contributed by atoms with E-state index in [1.54, 1.807) is 6.07 Å². The second kappa shape index (κ2) is 6.52. The van der Waals surface area contributed by atoms with E-state index >= 15 is 0 Å². The van der Waals surface area contributed by atoms with Crippen molar-refractivity contribution in [3.05, 3.63) is 53.5 Å². The molecule has 1 saturated heterocycles. The van der Waals surface area contributed by atoms with E-state index in [9.17, 15) is 22.7 Å². The zero-order valence-electron chi connectivity index (χ0n) is 14.9. The molecule has 0 radical (unpaired) electrons. The van der Waals surface area contributed by atoms with Crippen LogP contribution < -0.4 is 9.62 Å². The third-order valence-electron chi connectivity index (χ3n) is 4.70. The molecule has 0 atom stereocenters. The van der Waals surface area contributed by atoms with Crippen LogP contribution in [0.2, 0.25) is 0 Å². The van der Waals surface area contributed by atoms with E-state index in [2.05, 4.69) is 0 Å². The molecule has 0 bridgehead atoms. The van der Waals surface area contributed by atoms with Gasteiger partial charge in [0.15, 0.2) is 5.76 Å². The number of furan rings is 1. The van der Waals surface area contributed by atoms with Crippen LogP contribution >= 0.6 is 0 Å². The molecule has 0 aliphatic carbocycles. The number of aromatic hydroxyl groups is 1. The van der Waals surface area contributed by atoms with Crippen LogP contribution in [0.4, 0.5) is 10.1 Å². The number of benzene rings is 2. The van der Waals surface area contributed by atoms with E-state index in [0.29, 0.717) is 5.69 Å². The molecule has 0 saturated carbocycles. The van der Waals surface area contributed by atoms with Crippen LogP contribution in [0.3, 0.4) is 0 Å². The number of rotatable bonds is 4. The van der Waals surface area contributed by atoms with Gasteiger partial charge in [0, 0.05) is 30.9 Å². The Morgan fingerprint density at radius 3 is 2.64 bits per heavy atom. The third-order valence-corrected chi connectivity index (χ3v) is 6.23. The quantitative estimate of drug-likeness (QED) is 0.694. The molecule has 2 N–H and O–H groups in total. The minimum atomic E-state index is -4.34. The molecule has 7 nitrogen and oxygen atoms in total. The number of carbonyl (C=O) groups is 1. The molecule has 2 aromatic carbocycles. The molecule has 0 spiro atoms. The van der Waals surface area contributed by atoms with Gasteiger partial charge in [0.25, 0.3) is 10.0 Å². The normalized spacial score (nSPS) is 14.1. The molecule has 4 rings (SSSR count). The number of hydrogen-bond donors (Lipinski definition) is 2. The molecule has 28 heavy (non-hydrogen) atoms. The molecular formula is C19H17FN2O5S. The van der Waals surface area contributed by atoms with Gasteiger partial charge in [0.2, 0.25) is 0 Å². The topological polar surface area (TPSA) is 99.8 Å². The summed E-state index contributed by atoms with van der Waals surface area (Å²) in [7, 11) is -4.34. The first-order valence-electron chi connectivity index (χ1n) is 8.60. The number of fused-ring (bicyclic) bond motifs is 1. The monoisotopic (exact) mass is 404 g/mol. The van der Waals surface area contributed by atoms with Gasteiger partial charge in [-0.15, -0.1) is 0 Å². The van der Waals surface area contributed by atoms with Crippen molar-refractivity contribution in [1.82, 2.24) is 4.72 Å². The Labute approximate surface area is 160 Å². The first kappa shape index (κ1) is 18.3. The zero-order chi connectivity index (χ0) is 20.1. The number of nitrogens with one attached hydrogen (secondary N) is 1. The number of hydrogen-bond acceptors (Lipinski definition) is 6. The number of halogens is 1. The number of aryl methyl sites for hydroxylation is 1. The Kier molecular flexibility index (Phi) is 4.26. The smallest absolute Gasteiger partial charge is 0.300 e. The van der Waals surface area contributed by atoms with E-state index in [-0.39, 0.29) is 22.3 Å². The Hall–Kier alpha value is -3.07. The maximum Gasteiger partial charge on any atom is 0.300 e. The Balaban J connectivity index is 1.66. The lowest BCUT2D eigenvalue weighted by atomic mass is 10.1. The lowest BCUT2D eigenvalue weighted by Crippen LogP contribution is -2.36. The Morgan fingerprint density at radius 2 is 2.00 bits per heavy atom. The summed E-state index contributed by atoms with van der Waals surface area (Å²) in [4.78, 5) is 14.0. The van der Waals surface area contributed by atoms with Gasteiger partial charge < -0.3 is 14.4 Å². The van der Waals surface area contributed by atoms with Crippen molar-refractivity contribution >= 4 is 32.6 Å². The Morgan fingerprint density at radius 1 is 1.25 bits per heavy atom. The summed E-state index contributed by atoms with van der Waals surface area (Å²) in [6.45, 7) is 3.13. The molecule has 1 aliphatic rings. The maximum absolute atomic E-state index is 14.4. The summed E-state index contributed by atoms with van der Waals surface area (Å²) in [5, 5.41) is 9.95. The van der Waals surface area contributed by atoms with Gasteiger partial charge in [0.05, 0.1) is 5.39 Å². The molecule has 1 amide bonds. The molecule has 1 aromatic heterocycles. The lowest BCUT2D eigenvalue weighted by molar-refractivity contribution is 0.0956. The van der Waals surface area contributed by atoms with Gasteiger partial charge in [-0.05, 0) is 31.0 Å². The van der Waals surface area contributed by atoms with Crippen molar-refractivity contribution in [2.45, 2.75) is 18.2 Å². The standard InChI is InChI=1S/C19H17FN2O5S/c1-11-4-2-5-15(23)18(11)28(25,26)21-19(24)17-10-13-14(20)8-12(9-16(13)27-17)22-6-3-7-22/h2,4-5,8-10,23H,3,6-7H2,1H3,(H,21,24). The van der Waals surface area contributed by atoms with E-state index < -0.39 is 32.4 Å². The van der Waals surface area contributed by atoms with Gasteiger partial charge in [-0.2, -0.15) is 0 Å². The van der Waals surface area contributed by atoms with Crippen LogP contribution in [-0.4, -0.2) is 32.5 Å². The van der Waals surface area contributed by atoms with Gasteiger partial charge in [-0.1, -0.05) is 12.1 Å².